The van der Waals surface area contributed by atoms with E-state index in [-0.39, 0.29) is 6.23 Å². The second-order valence-corrected chi connectivity index (χ2v) is 4.61. The molecule has 1 saturated carbocycles. The number of hydrogen-bond acceptors (Lipinski definition) is 2. The Balaban J connectivity index is 1.69. The van der Waals surface area contributed by atoms with Gasteiger partial charge >= 0.3 is 0 Å². The van der Waals surface area contributed by atoms with Crippen molar-refractivity contribution in [1.82, 2.24) is 5.32 Å². The van der Waals surface area contributed by atoms with Gasteiger partial charge in [0.2, 0.25) is 0 Å². The largest absolute Gasteiger partial charge is 0.475 e. The lowest BCUT2D eigenvalue weighted by Crippen LogP contribution is -2.32. The average Bonchev–Trinajstić information content (AvgIpc) is 2.85. The van der Waals surface area contributed by atoms with Crippen molar-refractivity contribution in [2.24, 2.45) is 11.8 Å². The number of fused-ring (bicyclic) bond motifs is 1. The topological polar surface area (TPSA) is 21.3 Å². The van der Waals surface area contributed by atoms with Gasteiger partial charge in [0, 0.05) is 12.5 Å². The lowest BCUT2D eigenvalue weighted by molar-refractivity contribution is 0.133. The van der Waals surface area contributed by atoms with Gasteiger partial charge in [-0.15, -0.1) is 0 Å². The summed E-state index contributed by atoms with van der Waals surface area (Å²) in [5.74, 6) is 2.59. The minimum Gasteiger partial charge on any atom is -0.475 e. The summed E-state index contributed by atoms with van der Waals surface area (Å²) < 4.78 is 5.98. The van der Waals surface area contributed by atoms with Crippen LogP contribution in [0.2, 0.25) is 0 Å². The maximum absolute atomic E-state index is 5.98. The monoisotopic (exact) mass is 203 g/mol. The normalized spacial score (nSPS) is 34.0. The molecular weight excluding hydrogens is 186 g/mol. The molecule has 0 spiro atoms. The third-order valence-corrected chi connectivity index (χ3v) is 3.69. The fourth-order valence-corrected chi connectivity index (χ4v) is 2.91. The van der Waals surface area contributed by atoms with Crippen LogP contribution in [-0.4, -0.2) is 12.8 Å². The van der Waals surface area contributed by atoms with E-state index in [0.717, 1.165) is 24.1 Å². The summed E-state index contributed by atoms with van der Waals surface area (Å²) in [7, 11) is 0. The molecule has 3 rings (SSSR count). The summed E-state index contributed by atoms with van der Waals surface area (Å²) in [6, 6.07) is 10.1. The van der Waals surface area contributed by atoms with E-state index in [1.165, 1.54) is 19.3 Å². The predicted molar refractivity (Wildman–Crippen MR) is 59.7 cm³/mol. The number of nitrogens with one attached hydrogen (secondary N) is 1. The van der Waals surface area contributed by atoms with E-state index in [0.29, 0.717) is 0 Å². The first-order chi connectivity index (χ1) is 7.43. The van der Waals surface area contributed by atoms with E-state index in [1.54, 1.807) is 0 Å². The fraction of sp³-hybridized carbons (Fsp3) is 0.538. The Morgan fingerprint density at radius 1 is 1.13 bits per heavy atom. The minimum absolute atomic E-state index is 0.250. The summed E-state index contributed by atoms with van der Waals surface area (Å²) in [5, 5.41) is 3.48. The quantitative estimate of drug-likeness (QED) is 0.797. The first kappa shape index (κ1) is 9.22. The fourth-order valence-electron chi connectivity index (χ4n) is 2.91. The van der Waals surface area contributed by atoms with Crippen molar-refractivity contribution in [2.75, 3.05) is 6.54 Å². The van der Waals surface area contributed by atoms with Crippen LogP contribution in [0.3, 0.4) is 0 Å². The Morgan fingerprint density at radius 2 is 2.00 bits per heavy atom. The molecule has 0 amide bonds. The average molecular weight is 203 g/mol. The van der Waals surface area contributed by atoms with Crippen molar-refractivity contribution in [3.8, 4) is 5.75 Å². The molecule has 0 aromatic heterocycles. The molecule has 2 fully saturated rings. The lowest BCUT2D eigenvalue weighted by atomic mass is 9.99. The number of para-hydroxylation sites is 1. The molecule has 3 atom stereocenters. The summed E-state index contributed by atoms with van der Waals surface area (Å²) in [4.78, 5) is 0. The second kappa shape index (κ2) is 3.86. The van der Waals surface area contributed by atoms with Gasteiger partial charge in [0.1, 0.15) is 5.75 Å². The third-order valence-electron chi connectivity index (χ3n) is 3.69. The Hall–Kier alpha value is -1.02. The van der Waals surface area contributed by atoms with Gasteiger partial charge < -0.3 is 4.74 Å². The van der Waals surface area contributed by atoms with Crippen LogP contribution < -0.4 is 10.1 Å². The molecule has 1 aromatic rings. The highest BCUT2D eigenvalue weighted by atomic mass is 16.5. The summed E-state index contributed by atoms with van der Waals surface area (Å²) in [6.07, 6.45) is 4.34. The Morgan fingerprint density at radius 3 is 2.87 bits per heavy atom. The SMILES string of the molecule is c1ccc(OC2NCC3CCCC32)cc1. The molecule has 3 unspecified atom stereocenters. The van der Waals surface area contributed by atoms with Crippen LogP contribution in [-0.2, 0) is 0 Å². The van der Waals surface area contributed by atoms with Crippen molar-refractivity contribution >= 4 is 0 Å². The van der Waals surface area contributed by atoms with Gasteiger partial charge in [-0.2, -0.15) is 0 Å². The van der Waals surface area contributed by atoms with Crippen molar-refractivity contribution in [3.63, 3.8) is 0 Å². The van der Waals surface area contributed by atoms with Crippen molar-refractivity contribution in [2.45, 2.75) is 25.5 Å². The van der Waals surface area contributed by atoms with E-state index in [2.05, 4.69) is 5.32 Å². The summed E-state index contributed by atoms with van der Waals surface area (Å²) in [5.41, 5.74) is 0. The summed E-state index contributed by atoms with van der Waals surface area (Å²) in [6.45, 7) is 1.14. The number of rotatable bonds is 2. The molecule has 80 valence electrons. The summed E-state index contributed by atoms with van der Waals surface area (Å²) >= 11 is 0. The molecule has 15 heavy (non-hydrogen) atoms. The van der Waals surface area contributed by atoms with Crippen LogP contribution in [0.1, 0.15) is 19.3 Å². The molecule has 1 aliphatic heterocycles. The van der Waals surface area contributed by atoms with Gasteiger partial charge in [-0.25, -0.2) is 0 Å². The van der Waals surface area contributed by atoms with Gasteiger partial charge in [-0.05, 0) is 30.9 Å². The van der Waals surface area contributed by atoms with E-state index >= 15 is 0 Å². The molecule has 0 bridgehead atoms. The van der Waals surface area contributed by atoms with E-state index in [1.807, 2.05) is 30.3 Å². The molecule has 1 N–H and O–H groups in total. The van der Waals surface area contributed by atoms with Crippen LogP contribution in [0.15, 0.2) is 30.3 Å². The highest BCUT2D eigenvalue weighted by Crippen LogP contribution is 2.38. The zero-order valence-electron chi connectivity index (χ0n) is 8.86. The van der Waals surface area contributed by atoms with E-state index in [4.69, 9.17) is 4.74 Å². The maximum atomic E-state index is 5.98. The maximum Gasteiger partial charge on any atom is 0.153 e. The van der Waals surface area contributed by atoms with Crippen molar-refractivity contribution < 1.29 is 4.74 Å². The Kier molecular flexibility index (Phi) is 2.37. The molecule has 1 saturated heterocycles. The van der Waals surface area contributed by atoms with Crippen LogP contribution >= 0.6 is 0 Å². The highest BCUT2D eigenvalue weighted by Gasteiger charge is 2.40. The van der Waals surface area contributed by atoms with Gasteiger partial charge in [0.25, 0.3) is 0 Å². The van der Waals surface area contributed by atoms with Gasteiger partial charge in [-0.1, -0.05) is 24.6 Å². The van der Waals surface area contributed by atoms with Crippen LogP contribution in [0.5, 0.6) is 5.75 Å². The molecule has 1 aliphatic carbocycles. The first-order valence-corrected chi connectivity index (χ1v) is 5.88. The molecule has 1 heterocycles. The minimum atomic E-state index is 0.250. The smallest absolute Gasteiger partial charge is 0.153 e. The van der Waals surface area contributed by atoms with Gasteiger partial charge in [0.05, 0.1) is 0 Å². The lowest BCUT2D eigenvalue weighted by Gasteiger charge is -2.19. The molecule has 2 aliphatic rings. The first-order valence-electron chi connectivity index (χ1n) is 5.88. The molecule has 2 heteroatoms. The van der Waals surface area contributed by atoms with Crippen molar-refractivity contribution in [1.29, 1.82) is 0 Å². The zero-order chi connectivity index (χ0) is 10.1. The predicted octanol–water partition coefficient (Wildman–Crippen LogP) is 2.41. The van der Waals surface area contributed by atoms with E-state index in [9.17, 15) is 0 Å². The number of benzene rings is 1. The van der Waals surface area contributed by atoms with E-state index < -0.39 is 0 Å². The second-order valence-electron chi connectivity index (χ2n) is 4.61. The van der Waals surface area contributed by atoms with Gasteiger partial charge in [0.15, 0.2) is 6.23 Å². The third kappa shape index (κ3) is 1.74. The zero-order valence-corrected chi connectivity index (χ0v) is 8.86. The highest BCUT2D eigenvalue weighted by molar-refractivity contribution is 5.21. The van der Waals surface area contributed by atoms with Gasteiger partial charge in [-0.3, -0.25) is 5.32 Å². The number of ether oxygens (including phenoxy) is 1. The molecular formula is C13H17NO. The Labute approximate surface area is 90.6 Å². The molecule has 1 aromatic carbocycles. The standard InChI is InChI=1S/C13H17NO/c1-2-6-11(7-3-1)15-13-12-8-4-5-10(12)9-14-13/h1-3,6-7,10,12-14H,4-5,8-9H2. The van der Waals surface area contributed by atoms with Crippen molar-refractivity contribution in [3.05, 3.63) is 30.3 Å². The van der Waals surface area contributed by atoms with Crippen LogP contribution in [0, 0.1) is 11.8 Å². The number of hydrogen-bond donors (Lipinski definition) is 1. The van der Waals surface area contributed by atoms with Crippen LogP contribution in [0.4, 0.5) is 0 Å². The van der Waals surface area contributed by atoms with Crippen LogP contribution in [0.25, 0.3) is 0 Å². The molecule has 2 nitrogen and oxygen atoms in total. The molecule has 0 radical (unpaired) electrons. The Bertz CT molecular complexity index is 325.